The topological polar surface area (TPSA) is 75.7 Å². The highest BCUT2D eigenvalue weighted by atomic mass is 32.2. The van der Waals surface area contributed by atoms with Crippen molar-refractivity contribution < 1.29 is 17.9 Å². The minimum Gasteiger partial charge on any atom is -0.492 e. The molecule has 6 nitrogen and oxygen atoms in total. The zero-order valence-corrected chi connectivity index (χ0v) is 21.2. The smallest absolute Gasteiger partial charge is 0.251 e. The lowest BCUT2D eigenvalue weighted by atomic mass is 10.1. The SMILES string of the molecule is Cc1cc(C)cc(OCCNC(=O)c2ccc(CN(c3c(C)cccc3C)S(C)(=O)=O)cc2)c1. The van der Waals surface area contributed by atoms with Gasteiger partial charge in [-0.2, -0.15) is 0 Å². The molecule has 1 amide bonds. The molecule has 0 aliphatic heterocycles. The van der Waals surface area contributed by atoms with Crippen LogP contribution >= 0.6 is 0 Å². The van der Waals surface area contributed by atoms with E-state index < -0.39 is 10.0 Å². The van der Waals surface area contributed by atoms with E-state index in [0.29, 0.717) is 24.4 Å². The van der Waals surface area contributed by atoms with Gasteiger partial charge in [-0.25, -0.2) is 8.42 Å². The summed E-state index contributed by atoms with van der Waals surface area (Å²) in [6.45, 7) is 8.77. The monoisotopic (exact) mass is 480 g/mol. The third-order valence-electron chi connectivity index (χ3n) is 5.48. The lowest BCUT2D eigenvalue weighted by molar-refractivity contribution is 0.0947. The predicted molar refractivity (Wildman–Crippen MR) is 137 cm³/mol. The van der Waals surface area contributed by atoms with E-state index in [1.807, 2.05) is 58.0 Å². The second-order valence-electron chi connectivity index (χ2n) is 8.63. The summed E-state index contributed by atoms with van der Waals surface area (Å²) < 4.78 is 32.3. The summed E-state index contributed by atoms with van der Waals surface area (Å²) in [5.41, 5.74) is 6.04. The van der Waals surface area contributed by atoms with E-state index in [4.69, 9.17) is 4.74 Å². The van der Waals surface area contributed by atoms with Gasteiger partial charge in [-0.1, -0.05) is 36.4 Å². The highest BCUT2D eigenvalue weighted by Gasteiger charge is 2.21. The second kappa shape index (κ2) is 10.7. The Balaban J connectivity index is 1.61. The van der Waals surface area contributed by atoms with Crippen molar-refractivity contribution in [3.05, 3.63) is 94.0 Å². The number of hydrogen-bond acceptors (Lipinski definition) is 4. The number of benzene rings is 3. The molecule has 0 aromatic heterocycles. The van der Waals surface area contributed by atoms with Crippen LogP contribution in [0, 0.1) is 27.7 Å². The number of nitrogens with one attached hydrogen (secondary N) is 1. The van der Waals surface area contributed by atoms with Gasteiger partial charge in [0.2, 0.25) is 10.0 Å². The third kappa shape index (κ3) is 6.60. The molecule has 1 N–H and O–H groups in total. The van der Waals surface area contributed by atoms with E-state index >= 15 is 0 Å². The number of anilines is 1. The van der Waals surface area contributed by atoms with Crippen molar-refractivity contribution in [2.24, 2.45) is 0 Å². The van der Waals surface area contributed by atoms with Crippen LogP contribution in [0.3, 0.4) is 0 Å². The standard InChI is InChI=1S/C27H32N2O4S/c1-19-15-20(2)17-25(16-19)33-14-13-28-27(30)24-11-9-23(10-12-24)18-29(34(5,31)32)26-21(3)7-6-8-22(26)4/h6-12,15-17H,13-14,18H2,1-5H3,(H,28,30). The first kappa shape index (κ1) is 25.3. The molecule has 3 rings (SSSR count). The van der Waals surface area contributed by atoms with Crippen molar-refractivity contribution in [3.8, 4) is 5.75 Å². The zero-order valence-electron chi connectivity index (χ0n) is 20.4. The number of nitrogens with zero attached hydrogens (tertiary/aromatic N) is 1. The van der Waals surface area contributed by atoms with Gasteiger partial charge < -0.3 is 10.1 Å². The molecule has 34 heavy (non-hydrogen) atoms. The highest BCUT2D eigenvalue weighted by molar-refractivity contribution is 7.92. The number of ether oxygens (including phenoxy) is 1. The van der Waals surface area contributed by atoms with Gasteiger partial charge in [0.1, 0.15) is 12.4 Å². The molecule has 0 spiro atoms. The van der Waals surface area contributed by atoms with Crippen LogP contribution in [-0.4, -0.2) is 33.7 Å². The Labute approximate surface area is 202 Å². The maximum Gasteiger partial charge on any atom is 0.251 e. The van der Waals surface area contributed by atoms with Crippen molar-refractivity contribution >= 4 is 21.6 Å². The summed E-state index contributed by atoms with van der Waals surface area (Å²) >= 11 is 0. The number of sulfonamides is 1. The normalized spacial score (nSPS) is 11.2. The van der Waals surface area contributed by atoms with Gasteiger partial charge in [-0.3, -0.25) is 9.10 Å². The molecule has 0 fully saturated rings. The number of para-hydroxylation sites is 1. The molecule has 0 saturated heterocycles. The van der Waals surface area contributed by atoms with Crippen LogP contribution in [0.1, 0.15) is 38.2 Å². The molecule has 0 saturated carbocycles. The third-order valence-corrected chi connectivity index (χ3v) is 6.60. The number of amides is 1. The number of rotatable bonds is 9. The van der Waals surface area contributed by atoms with Gasteiger partial charge in [0.15, 0.2) is 0 Å². The fraction of sp³-hybridized carbons (Fsp3) is 0.296. The highest BCUT2D eigenvalue weighted by Crippen LogP contribution is 2.28. The van der Waals surface area contributed by atoms with Crippen molar-refractivity contribution in [3.63, 3.8) is 0 Å². The van der Waals surface area contributed by atoms with Gasteiger partial charge in [-0.05, 0) is 79.8 Å². The number of carbonyl (C=O) groups is 1. The average Bonchev–Trinajstić information content (AvgIpc) is 2.75. The van der Waals surface area contributed by atoms with Crippen LogP contribution in [0.4, 0.5) is 5.69 Å². The van der Waals surface area contributed by atoms with Crippen molar-refractivity contribution in [1.82, 2.24) is 5.32 Å². The van der Waals surface area contributed by atoms with Crippen LogP contribution in [0.2, 0.25) is 0 Å². The lowest BCUT2D eigenvalue weighted by Gasteiger charge is -2.26. The van der Waals surface area contributed by atoms with E-state index in [1.165, 1.54) is 10.6 Å². The molecule has 0 radical (unpaired) electrons. The van der Waals surface area contributed by atoms with Gasteiger partial charge in [-0.15, -0.1) is 0 Å². The van der Waals surface area contributed by atoms with E-state index in [0.717, 1.165) is 33.6 Å². The van der Waals surface area contributed by atoms with Gasteiger partial charge in [0.25, 0.3) is 5.91 Å². The molecule has 0 bridgehead atoms. The second-order valence-corrected chi connectivity index (χ2v) is 10.5. The van der Waals surface area contributed by atoms with Crippen molar-refractivity contribution in [2.75, 3.05) is 23.7 Å². The summed E-state index contributed by atoms with van der Waals surface area (Å²) in [5.74, 6) is 0.584. The number of aryl methyl sites for hydroxylation is 4. The Morgan fingerprint density at radius 3 is 2.06 bits per heavy atom. The largest absolute Gasteiger partial charge is 0.492 e. The van der Waals surface area contributed by atoms with E-state index in [1.54, 1.807) is 24.3 Å². The van der Waals surface area contributed by atoms with Crippen molar-refractivity contribution in [2.45, 2.75) is 34.2 Å². The Hall–Kier alpha value is -3.32. The van der Waals surface area contributed by atoms with Gasteiger partial charge in [0.05, 0.1) is 25.0 Å². The number of carbonyl (C=O) groups excluding carboxylic acids is 1. The summed E-state index contributed by atoms with van der Waals surface area (Å²) in [5, 5.41) is 2.85. The Bertz CT molecular complexity index is 1230. The van der Waals surface area contributed by atoms with Crippen LogP contribution in [0.25, 0.3) is 0 Å². The molecular weight excluding hydrogens is 448 g/mol. The minimum atomic E-state index is -3.49. The van der Waals surface area contributed by atoms with Crippen LogP contribution in [0.5, 0.6) is 5.75 Å². The van der Waals surface area contributed by atoms with Gasteiger partial charge in [0, 0.05) is 5.56 Å². The van der Waals surface area contributed by atoms with Crippen molar-refractivity contribution in [1.29, 1.82) is 0 Å². The molecular formula is C27H32N2O4S. The molecule has 7 heteroatoms. The van der Waals surface area contributed by atoms with E-state index in [2.05, 4.69) is 11.4 Å². The Morgan fingerprint density at radius 1 is 0.912 bits per heavy atom. The first-order valence-electron chi connectivity index (χ1n) is 11.2. The molecule has 3 aromatic carbocycles. The summed E-state index contributed by atoms with van der Waals surface area (Å²) in [7, 11) is -3.49. The molecule has 0 aliphatic rings. The van der Waals surface area contributed by atoms with Gasteiger partial charge >= 0.3 is 0 Å². The summed E-state index contributed by atoms with van der Waals surface area (Å²) in [4.78, 5) is 12.5. The molecule has 0 atom stereocenters. The molecule has 0 aliphatic carbocycles. The minimum absolute atomic E-state index is 0.191. The molecule has 3 aromatic rings. The Kier molecular flexibility index (Phi) is 7.99. The zero-order chi connectivity index (χ0) is 24.9. The van der Waals surface area contributed by atoms with Crippen LogP contribution in [-0.2, 0) is 16.6 Å². The summed E-state index contributed by atoms with van der Waals surface area (Å²) in [6, 6.07) is 18.7. The van der Waals surface area contributed by atoms with Crippen LogP contribution in [0.15, 0.2) is 60.7 Å². The molecule has 0 unspecified atom stereocenters. The fourth-order valence-corrected chi connectivity index (χ4v) is 4.94. The summed E-state index contributed by atoms with van der Waals surface area (Å²) in [6.07, 6.45) is 1.21. The first-order chi connectivity index (χ1) is 16.0. The predicted octanol–water partition coefficient (Wildman–Crippen LogP) is 4.70. The van der Waals surface area contributed by atoms with Crippen LogP contribution < -0.4 is 14.4 Å². The quantitative estimate of drug-likeness (QED) is 0.451. The average molecular weight is 481 g/mol. The number of hydrogen-bond donors (Lipinski definition) is 1. The maximum absolute atomic E-state index is 12.6. The molecule has 0 heterocycles. The van der Waals surface area contributed by atoms with E-state index in [9.17, 15) is 13.2 Å². The van der Waals surface area contributed by atoms with E-state index in [-0.39, 0.29) is 12.5 Å². The fourth-order valence-electron chi connectivity index (χ4n) is 3.94. The first-order valence-corrected chi connectivity index (χ1v) is 13.0. The Morgan fingerprint density at radius 2 is 1.50 bits per heavy atom. The lowest BCUT2D eigenvalue weighted by Crippen LogP contribution is -2.31. The molecule has 180 valence electrons. The maximum atomic E-state index is 12.6.